The monoisotopic (exact) mass is 366 g/mol. The van der Waals surface area contributed by atoms with E-state index in [0.29, 0.717) is 21.3 Å². The van der Waals surface area contributed by atoms with Gasteiger partial charge in [0, 0.05) is 17.8 Å². The fourth-order valence-electron chi connectivity index (χ4n) is 2.03. The fraction of sp³-hybridized carbons (Fsp3) is 0.294. The predicted molar refractivity (Wildman–Crippen MR) is 100 cm³/mol. The van der Waals surface area contributed by atoms with Crippen LogP contribution in [0, 0.1) is 0 Å². The zero-order chi connectivity index (χ0) is 17.5. The molecule has 1 aromatic heterocycles. The van der Waals surface area contributed by atoms with E-state index >= 15 is 0 Å². The minimum atomic E-state index is -0.286. The van der Waals surface area contributed by atoms with Gasteiger partial charge >= 0.3 is 0 Å². The molecule has 0 aliphatic carbocycles. The second kappa shape index (κ2) is 8.87. The van der Waals surface area contributed by atoms with Crippen molar-refractivity contribution in [1.82, 2.24) is 9.88 Å². The summed E-state index contributed by atoms with van der Waals surface area (Å²) in [6.07, 6.45) is 2.55. The van der Waals surface area contributed by atoms with Gasteiger partial charge < -0.3 is 15.5 Å². The Balaban J connectivity index is 1.92. The average Bonchev–Trinajstić information content (AvgIpc) is 2.55. The number of halogens is 2. The Morgan fingerprint density at radius 1 is 1.21 bits per heavy atom. The molecule has 0 atom stereocenters. The normalized spacial score (nSPS) is 10.7. The molecule has 0 saturated heterocycles. The Kier molecular flexibility index (Phi) is 6.85. The average molecular weight is 367 g/mol. The molecule has 0 aliphatic heterocycles. The van der Waals surface area contributed by atoms with Crippen LogP contribution in [0.5, 0.6) is 0 Å². The van der Waals surface area contributed by atoms with Crippen LogP contribution in [-0.4, -0.2) is 43.0 Å². The number of hydrogen-bond donors (Lipinski definition) is 2. The quantitative estimate of drug-likeness (QED) is 0.727. The third-order valence-corrected chi connectivity index (χ3v) is 3.86. The minimum Gasteiger partial charge on any atom is -0.370 e. The van der Waals surface area contributed by atoms with Crippen molar-refractivity contribution in [2.75, 3.05) is 37.8 Å². The fourth-order valence-corrected chi connectivity index (χ4v) is 2.37. The number of benzene rings is 1. The maximum Gasteiger partial charge on any atom is 0.257 e. The van der Waals surface area contributed by atoms with E-state index in [1.165, 1.54) is 6.20 Å². The molecule has 0 unspecified atom stereocenters. The lowest BCUT2D eigenvalue weighted by molar-refractivity contribution is 0.102. The van der Waals surface area contributed by atoms with Crippen LogP contribution in [0.1, 0.15) is 16.8 Å². The van der Waals surface area contributed by atoms with Crippen LogP contribution in [0.4, 0.5) is 11.5 Å². The van der Waals surface area contributed by atoms with Gasteiger partial charge in [0.15, 0.2) is 0 Å². The van der Waals surface area contributed by atoms with Gasteiger partial charge in [0.25, 0.3) is 5.91 Å². The van der Waals surface area contributed by atoms with Gasteiger partial charge in [-0.3, -0.25) is 4.79 Å². The third-order valence-electron chi connectivity index (χ3n) is 3.29. The number of rotatable bonds is 7. The number of carbonyl (C=O) groups is 1. The molecule has 1 heterocycles. The Morgan fingerprint density at radius 2 is 2.00 bits per heavy atom. The number of amides is 1. The van der Waals surface area contributed by atoms with E-state index in [0.717, 1.165) is 25.3 Å². The van der Waals surface area contributed by atoms with Crippen molar-refractivity contribution in [3.05, 3.63) is 52.1 Å². The summed E-state index contributed by atoms with van der Waals surface area (Å²) >= 11 is 12.0. The van der Waals surface area contributed by atoms with Crippen LogP contribution >= 0.6 is 23.2 Å². The summed E-state index contributed by atoms with van der Waals surface area (Å²) in [5.41, 5.74) is 0.921. The highest BCUT2D eigenvalue weighted by Gasteiger charge is 2.09. The molecule has 128 valence electrons. The number of hydrogen-bond acceptors (Lipinski definition) is 4. The van der Waals surface area contributed by atoms with Crippen LogP contribution in [-0.2, 0) is 0 Å². The lowest BCUT2D eigenvalue weighted by atomic mass is 10.2. The summed E-state index contributed by atoms with van der Waals surface area (Å²) in [5, 5.41) is 6.89. The second-order valence-corrected chi connectivity index (χ2v) is 6.44. The third kappa shape index (κ3) is 5.67. The Labute approximate surface area is 152 Å². The van der Waals surface area contributed by atoms with Crippen molar-refractivity contribution in [3.63, 3.8) is 0 Å². The van der Waals surface area contributed by atoms with E-state index in [1.54, 1.807) is 30.3 Å². The minimum absolute atomic E-state index is 0.286. The number of anilines is 2. The van der Waals surface area contributed by atoms with Crippen LogP contribution in [0.15, 0.2) is 36.5 Å². The van der Waals surface area contributed by atoms with Crippen molar-refractivity contribution in [2.45, 2.75) is 6.42 Å². The molecular weight excluding hydrogens is 347 g/mol. The van der Waals surface area contributed by atoms with E-state index in [4.69, 9.17) is 23.2 Å². The topological polar surface area (TPSA) is 57.3 Å². The van der Waals surface area contributed by atoms with Gasteiger partial charge in [-0.1, -0.05) is 23.2 Å². The Bertz CT molecular complexity index is 689. The van der Waals surface area contributed by atoms with Crippen molar-refractivity contribution in [1.29, 1.82) is 0 Å². The van der Waals surface area contributed by atoms with Crippen molar-refractivity contribution in [2.24, 2.45) is 0 Å². The molecule has 2 aromatic rings. The molecule has 7 heteroatoms. The highest BCUT2D eigenvalue weighted by atomic mass is 35.5. The highest BCUT2D eigenvalue weighted by Crippen LogP contribution is 2.25. The number of nitrogens with zero attached hydrogens (tertiary/aromatic N) is 2. The Hall–Kier alpha value is -1.82. The van der Waals surface area contributed by atoms with E-state index in [-0.39, 0.29) is 5.91 Å². The lowest BCUT2D eigenvalue weighted by Crippen LogP contribution is -2.17. The van der Waals surface area contributed by atoms with Crippen molar-refractivity contribution < 1.29 is 4.79 Å². The molecule has 0 bridgehead atoms. The first-order valence-electron chi connectivity index (χ1n) is 7.57. The van der Waals surface area contributed by atoms with E-state index in [9.17, 15) is 4.79 Å². The van der Waals surface area contributed by atoms with Crippen LogP contribution in [0.2, 0.25) is 10.0 Å². The van der Waals surface area contributed by atoms with Gasteiger partial charge in [-0.05, 0) is 57.4 Å². The van der Waals surface area contributed by atoms with Crippen LogP contribution in [0.3, 0.4) is 0 Å². The largest absolute Gasteiger partial charge is 0.370 e. The second-order valence-electron chi connectivity index (χ2n) is 5.59. The first-order chi connectivity index (χ1) is 11.5. The highest BCUT2D eigenvalue weighted by molar-refractivity contribution is 6.35. The van der Waals surface area contributed by atoms with Gasteiger partial charge in [0.2, 0.25) is 0 Å². The summed E-state index contributed by atoms with van der Waals surface area (Å²) in [6.45, 7) is 1.84. The molecule has 1 amide bonds. The molecule has 0 fully saturated rings. The zero-order valence-corrected chi connectivity index (χ0v) is 15.2. The van der Waals surface area contributed by atoms with E-state index in [2.05, 4.69) is 20.5 Å². The summed E-state index contributed by atoms with van der Waals surface area (Å²) in [6, 6.07) is 8.41. The number of pyridine rings is 1. The van der Waals surface area contributed by atoms with Gasteiger partial charge in [-0.2, -0.15) is 0 Å². The van der Waals surface area contributed by atoms with E-state index in [1.807, 2.05) is 14.1 Å². The van der Waals surface area contributed by atoms with Gasteiger partial charge in [-0.25, -0.2) is 4.98 Å². The molecule has 0 saturated carbocycles. The van der Waals surface area contributed by atoms with Gasteiger partial charge in [-0.15, -0.1) is 0 Å². The van der Waals surface area contributed by atoms with Gasteiger partial charge in [0.1, 0.15) is 5.82 Å². The standard InChI is InChI=1S/C17H20Cl2N4O/c1-23(2)9-3-8-20-16-7-4-12(11-21-16)17(24)22-15-10-13(18)5-6-14(15)19/h4-7,10-11H,3,8-9H2,1-2H3,(H,20,21)(H,22,24). The number of aromatic nitrogens is 1. The summed E-state index contributed by atoms with van der Waals surface area (Å²) in [4.78, 5) is 18.6. The molecule has 2 rings (SSSR count). The molecule has 0 aliphatic rings. The predicted octanol–water partition coefficient (Wildman–Crippen LogP) is 4.00. The van der Waals surface area contributed by atoms with Crippen LogP contribution in [0.25, 0.3) is 0 Å². The summed E-state index contributed by atoms with van der Waals surface area (Å²) < 4.78 is 0. The maximum atomic E-state index is 12.2. The zero-order valence-electron chi connectivity index (χ0n) is 13.6. The van der Waals surface area contributed by atoms with Gasteiger partial charge in [0.05, 0.1) is 16.3 Å². The molecule has 0 spiro atoms. The first-order valence-corrected chi connectivity index (χ1v) is 8.32. The molecule has 2 N–H and O–H groups in total. The Morgan fingerprint density at radius 3 is 2.67 bits per heavy atom. The SMILES string of the molecule is CN(C)CCCNc1ccc(C(=O)Nc2cc(Cl)ccc2Cl)cn1. The summed E-state index contributed by atoms with van der Waals surface area (Å²) in [5.74, 6) is 0.455. The molecular formula is C17H20Cl2N4O. The molecule has 0 radical (unpaired) electrons. The number of carbonyl (C=O) groups excluding carboxylic acids is 1. The van der Waals surface area contributed by atoms with Crippen molar-refractivity contribution in [3.8, 4) is 0 Å². The van der Waals surface area contributed by atoms with E-state index < -0.39 is 0 Å². The molecule has 5 nitrogen and oxygen atoms in total. The molecule has 1 aromatic carbocycles. The molecule has 24 heavy (non-hydrogen) atoms. The van der Waals surface area contributed by atoms with Crippen molar-refractivity contribution >= 4 is 40.6 Å². The first kappa shape index (κ1) is 18.5. The van der Waals surface area contributed by atoms with Crippen LogP contribution < -0.4 is 10.6 Å². The maximum absolute atomic E-state index is 12.2. The summed E-state index contributed by atoms with van der Waals surface area (Å²) in [7, 11) is 4.08. The smallest absolute Gasteiger partial charge is 0.257 e. The lowest BCUT2D eigenvalue weighted by Gasteiger charge is -2.11. The number of nitrogens with one attached hydrogen (secondary N) is 2.